The van der Waals surface area contributed by atoms with Crippen molar-refractivity contribution >= 4 is 52.3 Å². The second kappa shape index (κ2) is 12.8. The molecule has 0 amide bonds. The number of hydrogen-bond donors (Lipinski definition) is 2. The van der Waals surface area contributed by atoms with E-state index in [0.29, 0.717) is 29.5 Å². The third-order valence-corrected chi connectivity index (χ3v) is 6.28. The molecule has 3 unspecified atom stereocenters. The van der Waals surface area contributed by atoms with Crippen molar-refractivity contribution in [2.75, 3.05) is 26.0 Å². The first-order valence-electron chi connectivity index (χ1n) is 8.85. The molecule has 2 rings (SSSR count). The molecule has 1 aliphatic carbocycles. The highest BCUT2D eigenvalue weighted by Gasteiger charge is 2.25. The number of ether oxygens (including phenoxy) is 1. The predicted octanol–water partition coefficient (Wildman–Crippen LogP) is 3.58. The van der Waals surface area contributed by atoms with Crippen molar-refractivity contribution in [2.24, 2.45) is 4.99 Å². The molecule has 5 nitrogen and oxygen atoms in total. The van der Waals surface area contributed by atoms with Gasteiger partial charge in [-0.2, -0.15) is 0 Å². The number of rotatable bonds is 7. The first-order chi connectivity index (χ1) is 12.1. The normalized spacial score (nSPS) is 21.4. The molecule has 0 bridgehead atoms. The summed E-state index contributed by atoms with van der Waals surface area (Å²) in [4.78, 5) is 4.27. The van der Waals surface area contributed by atoms with E-state index in [1.54, 1.807) is 13.1 Å². The molecule has 8 heteroatoms. The highest BCUT2D eigenvalue weighted by molar-refractivity contribution is 14.0. The Morgan fingerprint density at radius 1 is 1.42 bits per heavy atom. The first-order valence-corrected chi connectivity index (χ1v) is 10.6. The van der Waals surface area contributed by atoms with Gasteiger partial charge in [0.05, 0.1) is 6.54 Å². The van der Waals surface area contributed by atoms with Gasteiger partial charge in [0, 0.05) is 39.9 Å². The molecule has 0 aliphatic heterocycles. The summed E-state index contributed by atoms with van der Waals surface area (Å²) in [5.41, 5.74) is 0. The van der Waals surface area contributed by atoms with Gasteiger partial charge in [-0.3, -0.25) is 9.20 Å². The van der Waals surface area contributed by atoms with E-state index in [0.717, 1.165) is 43.1 Å². The molecule has 1 fully saturated rings. The Kier molecular flexibility index (Phi) is 11.5. The summed E-state index contributed by atoms with van der Waals surface area (Å²) in [5.74, 6) is 2.27. The van der Waals surface area contributed by atoms with Gasteiger partial charge in [0.25, 0.3) is 0 Å². The zero-order chi connectivity index (χ0) is 18.1. The van der Waals surface area contributed by atoms with E-state index in [4.69, 9.17) is 16.3 Å². The number of benzene rings is 1. The fourth-order valence-electron chi connectivity index (χ4n) is 3.03. The van der Waals surface area contributed by atoms with Crippen LogP contribution in [0.2, 0.25) is 5.02 Å². The van der Waals surface area contributed by atoms with Crippen LogP contribution in [0.5, 0.6) is 5.75 Å². The Bertz CT molecular complexity index is 604. The lowest BCUT2D eigenvalue weighted by Gasteiger charge is -2.30. The predicted molar refractivity (Wildman–Crippen MR) is 122 cm³/mol. The molecule has 26 heavy (non-hydrogen) atoms. The standard InChI is InChI=1S/C18H28ClN3O2S.HI/c1-3-25(23)17-9-5-7-15(13-17)22-18(20-2)21-10-11-24-16-8-4-6-14(19)12-16;/h4,6,8,12,15,17H,3,5,7,9-11,13H2,1-2H3,(H2,20,21,22);1H. The van der Waals surface area contributed by atoms with E-state index in [-0.39, 0.29) is 24.0 Å². The summed E-state index contributed by atoms with van der Waals surface area (Å²) in [6, 6.07) is 7.70. The molecule has 0 heterocycles. The summed E-state index contributed by atoms with van der Waals surface area (Å²) in [6.07, 6.45) is 4.22. The maximum atomic E-state index is 12.0. The quantitative estimate of drug-likeness (QED) is 0.253. The lowest BCUT2D eigenvalue weighted by Crippen LogP contribution is -2.47. The average Bonchev–Trinajstić information content (AvgIpc) is 2.63. The molecule has 1 aromatic carbocycles. The van der Waals surface area contributed by atoms with Crippen molar-refractivity contribution in [2.45, 2.75) is 43.9 Å². The lowest BCUT2D eigenvalue weighted by atomic mass is 9.95. The summed E-state index contributed by atoms with van der Waals surface area (Å²) < 4.78 is 17.7. The van der Waals surface area contributed by atoms with E-state index in [9.17, 15) is 4.21 Å². The van der Waals surface area contributed by atoms with Crippen molar-refractivity contribution < 1.29 is 8.95 Å². The van der Waals surface area contributed by atoms with Crippen molar-refractivity contribution in [3.05, 3.63) is 29.3 Å². The van der Waals surface area contributed by atoms with Gasteiger partial charge in [-0.1, -0.05) is 31.0 Å². The topological polar surface area (TPSA) is 62.7 Å². The maximum absolute atomic E-state index is 12.0. The minimum atomic E-state index is -0.712. The lowest BCUT2D eigenvalue weighted by molar-refractivity contribution is 0.321. The van der Waals surface area contributed by atoms with Crippen LogP contribution in [-0.2, 0) is 10.8 Å². The van der Waals surface area contributed by atoms with Crippen LogP contribution in [0, 0.1) is 0 Å². The first kappa shape index (κ1) is 23.5. The molecule has 0 radical (unpaired) electrons. The number of aliphatic imine (C=N–C) groups is 1. The van der Waals surface area contributed by atoms with Crippen LogP contribution in [0.25, 0.3) is 0 Å². The number of halogens is 2. The summed E-state index contributed by atoms with van der Waals surface area (Å²) >= 11 is 5.94. The zero-order valence-corrected chi connectivity index (χ0v) is 19.3. The van der Waals surface area contributed by atoms with E-state index < -0.39 is 10.8 Å². The van der Waals surface area contributed by atoms with E-state index in [2.05, 4.69) is 15.6 Å². The third-order valence-electron chi connectivity index (χ3n) is 4.31. The fraction of sp³-hybridized carbons (Fsp3) is 0.611. The van der Waals surface area contributed by atoms with Crippen LogP contribution in [0.1, 0.15) is 32.6 Å². The molecular weight excluding hydrogens is 485 g/mol. The molecule has 0 aromatic heterocycles. The molecule has 1 saturated carbocycles. The summed E-state index contributed by atoms with van der Waals surface area (Å²) in [5, 5.41) is 7.69. The minimum absolute atomic E-state index is 0. The Morgan fingerprint density at radius 2 is 2.23 bits per heavy atom. The number of hydrogen-bond acceptors (Lipinski definition) is 3. The summed E-state index contributed by atoms with van der Waals surface area (Å²) in [7, 11) is 1.05. The van der Waals surface area contributed by atoms with Crippen molar-refractivity contribution in [3.63, 3.8) is 0 Å². The Morgan fingerprint density at radius 3 is 2.92 bits per heavy atom. The smallest absolute Gasteiger partial charge is 0.191 e. The number of nitrogens with zero attached hydrogens (tertiary/aromatic N) is 1. The second-order valence-electron chi connectivity index (χ2n) is 6.10. The van der Waals surface area contributed by atoms with Gasteiger partial charge in [0.2, 0.25) is 0 Å². The molecule has 2 N–H and O–H groups in total. The van der Waals surface area contributed by atoms with Gasteiger partial charge in [-0.05, 0) is 37.5 Å². The fourth-order valence-corrected chi connectivity index (χ4v) is 4.56. The third kappa shape index (κ3) is 8.00. The molecular formula is C18H29ClIN3O2S. The second-order valence-corrected chi connectivity index (χ2v) is 8.55. The van der Waals surface area contributed by atoms with Crippen LogP contribution in [-0.4, -0.2) is 47.4 Å². The molecule has 0 saturated heterocycles. The van der Waals surface area contributed by atoms with Crippen molar-refractivity contribution in [1.82, 2.24) is 10.6 Å². The Labute approximate surface area is 181 Å². The van der Waals surface area contributed by atoms with Crippen LogP contribution in [0.15, 0.2) is 29.3 Å². The highest BCUT2D eigenvalue weighted by Crippen LogP contribution is 2.23. The van der Waals surface area contributed by atoms with Gasteiger partial charge in [0.1, 0.15) is 12.4 Å². The average molecular weight is 514 g/mol. The highest BCUT2D eigenvalue weighted by atomic mass is 127. The summed E-state index contributed by atoms with van der Waals surface area (Å²) in [6.45, 7) is 3.16. The molecule has 148 valence electrons. The van der Waals surface area contributed by atoms with Gasteiger partial charge < -0.3 is 15.4 Å². The molecule has 1 aromatic rings. The van der Waals surface area contributed by atoms with E-state index in [1.807, 2.05) is 25.1 Å². The van der Waals surface area contributed by atoms with Gasteiger partial charge in [-0.15, -0.1) is 24.0 Å². The number of nitrogens with one attached hydrogen (secondary N) is 2. The van der Waals surface area contributed by atoms with Crippen LogP contribution >= 0.6 is 35.6 Å². The van der Waals surface area contributed by atoms with Crippen LogP contribution < -0.4 is 15.4 Å². The zero-order valence-electron chi connectivity index (χ0n) is 15.4. The maximum Gasteiger partial charge on any atom is 0.191 e. The molecule has 3 atom stereocenters. The number of guanidine groups is 1. The van der Waals surface area contributed by atoms with Crippen molar-refractivity contribution in [1.29, 1.82) is 0 Å². The largest absolute Gasteiger partial charge is 0.492 e. The van der Waals surface area contributed by atoms with Gasteiger partial charge in [-0.25, -0.2) is 0 Å². The minimum Gasteiger partial charge on any atom is -0.492 e. The molecule has 0 spiro atoms. The SMILES string of the molecule is CCS(=O)C1CCCC(NC(=NC)NCCOc2cccc(Cl)c2)C1.I. The van der Waals surface area contributed by atoms with E-state index >= 15 is 0 Å². The molecule has 1 aliphatic rings. The van der Waals surface area contributed by atoms with Crippen LogP contribution in [0.3, 0.4) is 0 Å². The Hall–Kier alpha value is -0.540. The van der Waals surface area contributed by atoms with Gasteiger partial charge in [0.15, 0.2) is 5.96 Å². The van der Waals surface area contributed by atoms with Crippen molar-refractivity contribution in [3.8, 4) is 5.75 Å². The van der Waals surface area contributed by atoms with E-state index in [1.165, 1.54) is 0 Å². The Balaban J connectivity index is 0.00000338. The van der Waals surface area contributed by atoms with Crippen LogP contribution in [0.4, 0.5) is 0 Å². The monoisotopic (exact) mass is 513 g/mol. The van der Waals surface area contributed by atoms with Gasteiger partial charge >= 0.3 is 0 Å².